The van der Waals surface area contributed by atoms with Crippen LogP contribution in [-0.4, -0.2) is 29.8 Å². The molecule has 1 aliphatic rings. The van der Waals surface area contributed by atoms with Gasteiger partial charge in [-0.2, -0.15) is 0 Å². The summed E-state index contributed by atoms with van der Waals surface area (Å²) in [5.74, 6) is 0.231. The number of furan rings is 1. The molecule has 1 aromatic carbocycles. The zero-order valence-corrected chi connectivity index (χ0v) is 15.4. The standard InChI is InChI=1S/C21H26N2O3/c1-3-15(2)16-6-8-19(9-7-16)22-20(24)17-5-4-11-23(13-17)21(25)18-10-12-26-14-18/h6-10,12,14-15,17H,3-5,11,13H2,1-2H3,(H,22,24)/t15-,17+/m1/s1. The Bertz CT molecular complexity index is 737. The van der Waals surface area contributed by atoms with Crippen molar-refractivity contribution in [1.29, 1.82) is 0 Å². The molecule has 1 saturated heterocycles. The molecule has 5 nitrogen and oxygen atoms in total. The van der Waals surface area contributed by atoms with Crippen LogP contribution in [0, 0.1) is 5.92 Å². The number of nitrogens with zero attached hydrogens (tertiary/aromatic N) is 1. The van der Waals surface area contributed by atoms with Gasteiger partial charge in [0, 0.05) is 18.8 Å². The summed E-state index contributed by atoms with van der Waals surface area (Å²) in [7, 11) is 0. The summed E-state index contributed by atoms with van der Waals surface area (Å²) < 4.78 is 4.99. The van der Waals surface area contributed by atoms with E-state index >= 15 is 0 Å². The molecule has 0 radical (unpaired) electrons. The van der Waals surface area contributed by atoms with Crippen molar-refractivity contribution in [3.63, 3.8) is 0 Å². The molecule has 0 aliphatic carbocycles. The van der Waals surface area contributed by atoms with Gasteiger partial charge in [-0.3, -0.25) is 9.59 Å². The SMILES string of the molecule is CC[C@@H](C)c1ccc(NC(=O)[C@H]2CCCN(C(=O)c3ccoc3)C2)cc1. The van der Waals surface area contributed by atoms with Crippen molar-refractivity contribution in [3.8, 4) is 0 Å². The maximum atomic E-state index is 12.6. The van der Waals surface area contributed by atoms with E-state index in [0.717, 1.165) is 24.9 Å². The number of carbonyl (C=O) groups is 2. The van der Waals surface area contributed by atoms with Crippen LogP contribution in [0.15, 0.2) is 47.3 Å². The van der Waals surface area contributed by atoms with Gasteiger partial charge in [0.15, 0.2) is 0 Å². The quantitative estimate of drug-likeness (QED) is 0.871. The van der Waals surface area contributed by atoms with E-state index in [1.54, 1.807) is 11.0 Å². The first-order valence-electron chi connectivity index (χ1n) is 9.30. The van der Waals surface area contributed by atoms with Gasteiger partial charge < -0.3 is 14.6 Å². The molecule has 5 heteroatoms. The fourth-order valence-electron chi connectivity index (χ4n) is 3.32. The Hall–Kier alpha value is -2.56. The lowest BCUT2D eigenvalue weighted by Crippen LogP contribution is -2.43. The molecule has 0 unspecified atom stereocenters. The van der Waals surface area contributed by atoms with Crippen LogP contribution in [0.3, 0.4) is 0 Å². The highest BCUT2D eigenvalue weighted by Crippen LogP contribution is 2.23. The fraction of sp³-hybridized carbons (Fsp3) is 0.429. The summed E-state index contributed by atoms with van der Waals surface area (Å²) in [5, 5.41) is 2.99. The van der Waals surface area contributed by atoms with E-state index in [4.69, 9.17) is 4.42 Å². The molecule has 26 heavy (non-hydrogen) atoms. The number of rotatable bonds is 5. The van der Waals surface area contributed by atoms with E-state index in [-0.39, 0.29) is 17.7 Å². The smallest absolute Gasteiger partial charge is 0.257 e. The van der Waals surface area contributed by atoms with Crippen molar-refractivity contribution < 1.29 is 14.0 Å². The first-order valence-corrected chi connectivity index (χ1v) is 9.30. The Kier molecular flexibility index (Phi) is 5.76. The Morgan fingerprint density at radius 3 is 2.69 bits per heavy atom. The summed E-state index contributed by atoms with van der Waals surface area (Å²) in [6.45, 7) is 5.49. The second kappa shape index (κ2) is 8.21. The fourth-order valence-corrected chi connectivity index (χ4v) is 3.32. The van der Waals surface area contributed by atoms with E-state index in [0.29, 0.717) is 24.6 Å². The molecule has 2 aromatic rings. The summed E-state index contributed by atoms with van der Waals surface area (Å²) in [4.78, 5) is 26.8. The number of hydrogen-bond donors (Lipinski definition) is 1. The predicted molar refractivity (Wildman–Crippen MR) is 101 cm³/mol. The Morgan fingerprint density at radius 2 is 2.04 bits per heavy atom. The third kappa shape index (κ3) is 4.15. The van der Waals surface area contributed by atoms with Crippen molar-refractivity contribution in [2.24, 2.45) is 5.92 Å². The van der Waals surface area contributed by atoms with Crippen molar-refractivity contribution in [2.75, 3.05) is 18.4 Å². The van der Waals surface area contributed by atoms with Gasteiger partial charge in [0.2, 0.25) is 5.91 Å². The van der Waals surface area contributed by atoms with Gasteiger partial charge in [-0.25, -0.2) is 0 Å². The highest BCUT2D eigenvalue weighted by molar-refractivity contribution is 5.96. The highest BCUT2D eigenvalue weighted by atomic mass is 16.3. The molecule has 3 rings (SSSR count). The number of nitrogens with one attached hydrogen (secondary N) is 1. The molecule has 2 atom stereocenters. The Balaban J connectivity index is 1.60. The summed E-state index contributed by atoms with van der Waals surface area (Å²) in [5.41, 5.74) is 2.62. The molecular weight excluding hydrogens is 328 g/mol. The molecular formula is C21H26N2O3. The van der Waals surface area contributed by atoms with Crippen LogP contribution in [0.4, 0.5) is 5.69 Å². The van der Waals surface area contributed by atoms with Crippen LogP contribution >= 0.6 is 0 Å². The van der Waals surface area contributed by atoms with Gasteiger partial charge in [0.25, 0.3) is 5.91 Å². The molecule has 1 fully saturated rings. The van der Waals surface area contributed by atoms with Gasteiger partial charge in [0.05, 0.1) is 17.7 Å². The first kappa shape index (κ1) is 18.2. The summed E-state index contributed by atoms with van der Waals surface area (Å²) in [6.07, 6.45) is 5.66. The lowest BCUT2D eigenvalue weighted by Gasteiger charge is -2.31. The first-order chi connectivity index (χ1) is 12.6. The average molecular weight is 354 g/mol. The van der Waals surface area contributed by atoms with Crippen molar-refractivity contribution in [2.45, 2.75) is 39.0 Å². The second-order valence-corrected chi connectivity index (χ2v) is 7.02. The third-order valence-electron chi connectivity index (χ3n) is 5.21. The van der Waals surface area contributed by atoms with Gasteiger partial charge >= 0.3 is 0 Å². The largest absolute Gasteiger partial charge is 0.472 e. The van der Waals surface area contributed by atoms with E-state index in [1.165, 1.54) is 18.1 Å². The maximum absolute atomic E-state index is 12.6. The topological polar surface area (TPSA) is 62.6 Å². The molecule has 138 valence electrons. The second-order valence-electron chi connectivity index (χ2n) is 7.02. The monoisotopic (exact) mass is 354 g/mol. The summed E-state index contributed by atoms with van der Waals surface area (Å²) >= 11 is 0. The molecule has 1 N–H and O–H groups in total. The molecule has 2 heterocycles. The molecule has 0 bridgehead atoms. The van der Waals surface area contributed by atoms with Crippen LogP contribution in [0.2, 0.25) is 0 Å². The minimum Gasteiger partial charge on any atom is -0.472 e. The molecule has 1 aromatic heterocycles. The van der Waals surface area contributed by atoms with Gasteiger partial charge in [-0.05, 0) is 48.9 Å². The minimum atomic E-state index is -0.186. The Morgan fingerprint density at radius 1 is 1.27 bits per heavy atom. The van der Waals surface area contributed by atoms with E-state index in [1.807, 2.05) is 12.1 Å². The Labute approximate surface area is 154 Å². The maximum Gasteiger partial charge on any atom is 0.257 e. The number of amides is 2. The average Bonchev–Trinajstić information content (AvgIpc) is 3.22. The zero-order valence-electron chi connectivity index (χ0n) is 15.4. The lowest BCUT2D eigenvalue weighted by molar-refractivity contribution is -0.121. The number of hydrogen-bond acceptors (Lipinski definition) is 3. The van der Waals surface area contributed by atoms with Gasteiger partial charge in [-0.15, -0.1) is 0 Å². The third-order valence-corrected chi connectivity index (χ3v) is 5.21. The number of likely N-dealkylation sites (tertiary alicyclic amines) is 1. The minimum absolute atomic E-state index is 0.0222. The normalized spacial score (nSPS) is 18.4. The van der Waals surface area contributed by atoms with Gasteiger partial charge in [-0.1, -0.05) is 26.0 Å². The molecule has 0 saturated carbocycles. The van der Waals surface area contributed by atoms with Crippen LogP contribution in [0.25, 0.3) is 0 Å². The lowest BCUT2D eigenvalue weighted by atomic mass is 9.96. The van der Waals surface area contributed by atoms with Crippen molar-refractivity contribution in [1.82, 2.24) is 4.90 Å². The molecule has 1 aliphatic heterocycles. The number of carbonyl (C=O) groups excluding carboxylic acids is 2. The highest BCUT2D eigenvalue weighted by Gasteiger charge is 2.29. The number of anilines is 1. The van der Waals surface area contributed by atoms with E-state index in [2.05, 4.69) is 31.3 Å². The molecule has 0 spiro atoms. The van der Waals surface area contributed by atoms with Crippen LogP contribution < -0.4 is 5.32 Å². The van der Waals surface area contributed by atoms with Crippen molar-refractivity contribution >= 4 is 17.5 Å². The van der Waals surface area contributed by atoms with Crippen molar-refractivity contribution in [3.05, 3.63) is 54.0 Å². The van der Waals surface area contributed by atoms with Gasteiger partial charge in [0.1, 0.15) is 6.26 Å². The van der Waals surface area contributed by atoms with Crippen LogP contribution in [-0.2, 0) is 4.79 Å². The van der Waals surface area contributed by atoms with Crippen LogP contribution in [0.1, 0.15) is 54.9 Å². The molecule has 2 amide bonds. The number of piperidine rings is 1. The summed E-state index contributed by atoms with van der Waals surface area (Å²) in [6, 6.07) is 9.71. The zero-order chi connectivity index (χ0) is 18.5. The number of benzene rings is 1. The van der Waals surface area contributed by atoms with Crippen LogP contribution in [0.5, 0.6) is 0 Å². The van der Waals surface area contributed by atoms with E-state index in [9.17, 15) is 9.59 Å². The predicted octanol–water partition coefficient (Wildman–Crippen LogP) is 4.28. The van der Waals surface area contributed by atoms with E-state index < -0.39 is 0 Å².